The third kappa shape index (κ3) is 3.03. The molecule has 0 saturated heterocycles. The Morgan fingerprint density at radius 1 is 1.21 bits per heavy atom. The summed E-state index contributed by atoms with van der Waals surface area (Å²) in [6, 6.07) is 9.31. The highest BCUT2D eigenvalue weighted by Crippen LogP contribution is 2.31. The molecule has 0 unspecified atom stereocenters. The molecule has 0 spiro atoms. The van der Waals surface area contributed by atoms with Crippen LogP contribution in [-0.2, 0) is 11.2 Å². The van der Waals surface area contributed by atoms with Crippen LogP contribution in [0.5, 0.6) is 11.5 Å². The quantitative estimate of drug-likeness (QED) is 0.756. The number of methoxy groups -OCH3 is 2. The highest BCUT2D eigenvalue weighted by molar-refractivity contribution is 5.95. The number of ether oxygens (including phenoxy) is 2. The molecule has 3 rings (SSSR count). The first-order chi connectivity index (χ1) is 11.6. The van der Waals surface area contributed by atoms with Gasteiger partial charge < -0.3 is 14.8 Å². The van der Waals surface area contributed by atoms with Crippen LogP contribution in [0.1, 0.15) is 11.1 Å². The van der Waals surface area contributed by atoms with E-state index in [-0.39, 0.29) is 12.3 Å². The van der Waals surface area contributed by atoms with Crippen molar-refractivity contribution in [3.05, 3.63) is 47.7 Å². The smallest absolute Gasteiger partial charge is 0.228 e. The molecule has 2 aromatic carbocycles. The van der Waals surface area contributed by atoms with Gasteiger partial charge in [0.05, 0.1) is 32.4 Å². The predicted molar refractivity (Wildman–Crippen MR) is 92.7 cm³/mol. The molecule has 0 radical (unpaired) electrons. The molecule has 0 bridgehead atoms. The topological polar surface area (TPSA) is 76.2 Å². The van der Waals surface area contributed by atoms with E-state index in [0.717, 1.165) is 33.5 Å². The van der Waals surface area contributed by atoms with Crippen molar-refractivity contribution in [1.29, 1.82) is 0 Å². The van der Waals surface area contributed by atoms with Gasteiger partial charge in [0, 0.05) is 22.2 Å². The number of fused-ring (bicyclic) bond motifs is 1. The minimum Gasteiger partial charge on any atom is -0.496 e. The van der Waals surface area contributed by atoms with Gasteiger partial charge in [-0.25, -0.2) is 0 Å². The zero-order valence-electron chi connectivity index (χ0n) is 13.8. The van der Waals surface area contributed by atoms with Crippen LogP contribution in [0.2, 0.25) is 0 Å². The van der Waals surface area contributed by atoms with Crippen LogP contribution in [0.25, 0.3) is 10.9 Å². The Hall–Kier alpha value is -3.02. The first-order valence-electron chi connectivity index (χ1n) is 7.56. The lowest BCUT2D eigenvalue weighted by atomic mass is 10.1. The molecular weight excluding hydrogens is 306 g/mol. The fraction of sp³-hybridized carbons (Fsp3) is 0.222. The number of H-pyrrole nitrogens is 1. The zero-order chi connectivity index (χ0) is 17.1. The number of hydrogen-bond donors (Lipinski definition) is 2. The van der Waals surface area contributed by atoms with Crippen LogP contribution in [0.15, 0.2) is 36.5 Å². The van der Waals surface area contributed by atoms with E-state index >= 15 is 0 Å². The number of aromatic nitrogens is 2. The number of hydrogen-bond acceptors (Lipinski definition) is 4. The van der Waals surface area contributed by atoms with Crippen molar-refractivity contribution in [2.45, 2.75) is 13.3 Å². The summed E-state index contributed by atoms with van der Waals surface area (Å²) in [6.07, 6.45) is 1.96. The summed E-state index contributed by atoms with van der Waals surface area (Å²) in [5.74, 6) is 1.30. The third-order valence-electron chi connectivity index (χ3n) is 3.94. The monoisotopic (exact) mass is 325 g/mol. The Morgan fingerprint density at radius 3 is 2.79 bits per heavy atom. The lowest BCUT2D eigenvalue weighted by molar-refractivity contribution is -0.115. The predicted octanol–water partition coefficient (Wildman–Crippen LogP) is 3.07. The van der Waals surface area contributed by atoms with Crippen LogP contribution in [-0.4, -0.2) is 30.3 Å². The lowest BCUT2D eigenvalue weighted by Crippen LogP contribution is -2.15. The second-order valence-electron chi connectivity index (χ2n) is 5.48. The van der Waals surface area contributed by atoms with Gasteiger partial charge >= 0.3 is 0 Å². The molecule has 124 valence electrons. The van der Waals surface area contributed by atoms with E-state index in [9.17, 15) is 4.79 Å². The number of carbonyl (C=O) groups excluding carboxylic acids is 1. The summed E-state index contributed by atoms with van der Waals surface area (Å²) in [5, 5.41) is 10.8. The summed E-state index contributed by atoms with van der Waals surface area (Å²) in [7, 11) is 3.20. The van der Waals surface area contributed by atoms with E-state index in [1.165, 1.54) is 0 Å². The van der Waals surface area contributed by atoms with Gasteiger partial charge in [0.15, 0.2) is 0 Å². The Morgan fingerprint density at radius 2 is 2.04 bits per heavy atom. The average Bonchev–Trinajstić information content (AvgIpc) is 3.03. The summed E-state index contributed by atoms with van der Waals surface area (Å²) in [6.45, 7) is 1.91. The summed E-state index contributed by atoms with van der Waals surface area (Å²) in [5.41, 5.74) is 3.30. The van der Waals surface area contributed by atoms with Gasteiger partial charge in [-0.2, -0.15) is 5.10 Å². The van der Waals surface area contributed by atoms with Crippen molar-refractivity contribution >= 4 is 22.5 Å². The van der Waals surface area contributed by atoms with E-state index in [4.69, 9.17) is 9.47 Å². The van der Waals surface area contributed by atoms with E-state index in [1.54, 1.807) is 20.4 Å². The van der Waals surface area contributed by atoms with E-state index in [0.29, 0.717) is 5.75 Å². The van der Waals surface area contributed by atoms with Gasteiger partial charge in [-0.1, -0.05) is 6.07 Å². The maximum absolute atomic E-state index is 12.4. The molecule has 0 fully saturated rings. The van der Waals surface area contributed by atoms with Gasteiger partial charge in [-0.15, -0.1) is 0 Å². The number of nitrogens with zero attached hydrogens (tertiary/aromatic N) is 1. The van der Waals surface area contributed by atoms with Gasteiger partial charge in [0.25, 0.3) is 0 Å². The molecule has 1 heterocycles. The highest BCUT2D eigenvalue weighted by atomic mass is 16.5. The lowest BCUT2D eigenvalue weighted by Gasteiger charge is -2.14. The number of amides is 1. The van der Waals surface area contributed by atoms with E-state index in [2.05, 4.69) is 15.5 Å². The maximum Gasteiger partial charge on any atom is 0.228 e. The van der Waals surface area contributed by atoms with Gasteiger partial charge in [0.1, 0.15) is 11.5 Å². The molecule has 0 aliphatic rings. The second-order valence-corrected chi connectivity index (χ2v) is 5.48. The van der Waals surface area contributed by atoms with Gasteiger partial charge in [0.2, 0.25) is 5.91 Å². The van der Waals surface area contributed by atoms with Crippen molar-refractivity contribution in [2.75, 3.05) is 19.5 Å². The van der Waals surface area contributed by atoms with Gasteiger partial charge in [-0.05, 0) is 31.2 Å². The summed E-state index contributed by atoms with van der Waals surface area (Å²) < 4.78 is 10.7. The largest absolute Gasteiger partial charge is 0.496 e. The average molecular weight is 325 g/mol. The van der Waals surface area contributed by atoms with Crippen molar-refractivity contribution in [2.24, 2.45) is 0 Å². The number of nitrogens with one attached hydrogen (secondary N) is 2. The first-order valence-corrected chi connectivity index (χ1v) is 7.56. The SMILES string of the molecule is COc1ccc(CC(=O)Nc2ccc3cn[nH]c3c2)c(OC)c1C. The van der Waals surface area contributed by atoms with Crippen LogP contribution in [0, 0.1) is 6.92 Å². The maximum atomic E-state index is 12.4. The molecule has 6 nitrogen and oxygen atoms in total. The van der Waals surface area contributed by atoms with Crippen LogP contribution < -0.4 is 14.8 Å². The minimum atomic E-state index is -0.114. The first kappa shape index (κ1) is 15.9. The zero-order valence-corrected chi connectivity index (χ0v) is 13.8. The molecule has 0 aliphatic carbocycles. The molecule has 0 aliphatic heterocycles. The molecule has 24 heavy (non-hydrogen) atoms. The molecule has 1 amide bonds. The molecule has 1 aromatic heterocycles. The second kappa shape index (κ2) is 6.62. The van der Waals surface area contributed by atoms with E-state index in [1.807, 2.05) is 37.3 Å². The van der Waals surface area contributed by atoms with Crippen LogP contribution in [0.3, 0.4) is 0 Å². The number of carbonyl (C=O) groups is 1. The Balaban J connectivity index is 1.78. The fourth-order valence-electron chi connectivity index (χ4n) is 2.77. The normalized spacial score (nSPS) is 10.6. The molecule has 3 aromatic rings. The molecule has 0 saturated carbocycles. The third-order valence-corrected chi connectivity index (χ3v) is 3.94. The van der Waals surface area contributed by atoms with Crippen molar-refractivity contribution < 1.29 is 14.3 Å². The van der Waals surface area contributed by atoms with Crippen LogP contribution in [0.4, 0.5) is 5.69 Å². The minimum absolute atomic E-state index is 0.114. The van der Waals surface area contributed by atoms with E-state index < -0.39 is 0 Å². The molecule has 6 heteroatoms. The number of aromatic amines is 1. The number of anilines is 1. The Labute approximate surface area is 139 Å². The molecular formula is C18H19N3O3. The summed E-state index contributed by atoms with van der Waals surface area (Å²) >= 11 is 0. The van der Waals surface area contributed by atoms with Crippen molar-refractivity contribution in [1.82, 2.24) is 10.2 Å². The van der Waals surface area contributed by atoms with Crippen molar-refractivity contribution in [3.63, 3.8) is 0 Å². The number of rotatable bonds is 5. The highest BCUT2D eigenvalue weighted by Gasteiger charge is 2.14. The summed E-state index contributed by atoms with van der Waals surface area (Å²) in [4.78, 5) is 12.4. The molecule has 0 atom stereocenters. The fourth-order valence-corrected chi connectivity index (χ4v) is 2.77. The van der Waals surface area contributed by atoms with Crippen LogP contribution >= 0.6 is 0 Å². The Kier molecular flexibility index (Phi) is 4.37. The van der Waals surface area contributed by atoms with Gasteiger partial charge in [-0.3, -0.25) is 9.89 Å². The standard InChI is InChI=1S/C18H19N3O3/c1-11-16(23-2)7-5-12(18(11)24-3)8-17(22)20-14-6-4-13-10-19-21-15(13)9-14/h4-7,9-10H,8H2,1-3H3,(H,19,21)(H,20,22). The molecule has 2 N–H and O–H groups in total. The Bertz CT molecular complexity index is 886. The van der Waals surface area contributed by atoms with Crippen molar-refractivity contribution in [3.8, 4) is 11.5 Å². The number of benzene rings is 2.